The molecule has 3 fully saturated rings. The molecule has 184 valence electrons. The lowest BCUT2D eigenvalue weighted by Gasteiger charge is -2.37. The summed E-state index contributed by atoms with van der Waals surface area (Å²) in [5.41, 5.74) is 0.144. The van der Waals surface area contributed by atoms with Crippen molar-refractivity contribution in [3.63, 3.8) is 0 Å². The topological polar surface area (TPSA) is 49.8 Å². The Morgan fingerprint density at radius 3 is 2.29 bits per heavy atom. The lowest BCUT2D eigenvalue weighted by molar-refractivity contribution is -0.144. The van der Waals surface area contributed by atoms with Gasteiger partial charge in [-0.15, -0.1) is 0 Å². The summed E-state index contributed by atoms with van der Waals surface area (Å²) in [4.78, 5) is 13.8. The largest absolute Gasteiger partial charge is 0.490 e. The van der Waals surface area contributed by atoms with E-state index in [1.807, 2.05) is 6.07 Å². The number of fused-ring (bicyclic) bond motifs is 3. The summed E-state index contributed by atoms with van der Waals surface area (Å²) in [5, 5.41) is 10.2. The Morgan fingerprint density at radius 1 is 1.03 bits per heavy atom. The van der Waals surface area contributed by atoms with Crippen LogP contribution < -0.4 is 4.74 Å². The summed E-state index contributed by atoms with van der Waals surface area (Å²) in [6.07, 6.45) is 1.96. The van der Waals surface area contributed by atoms with Crippen molar-refractivity contribution in [2.75, 3.05) is 0 Å². The fourth-order valence-electron chi connectivity index (χ4n) is 6.31. The van der Waals surface area contributed by atoms with E-state index in [1.54, 1.807) is 18.2 Å². The van der Waals surface area contributed by atoms with Gasteiger partial charge in [0.25, 0.3) is 0 Å². The van der Waals surface area contributed by atoms with Crippen LogP contribution in [0.5, 0.6) is 5.75 Å². The third kappa shape index (κ3) is 4.64. The Labute approximate surface area is 198 Å². The number of piperidine rings is 1. The number of halogens is 3. The molecule has 2 saturated heterocycles. The normalized spacial score (nSPS) is 29.9. The highest BCUT2D eigenvalue weighted by Gasteiger charge is 2.43. The molecule has 1 N–H and O–H groups in total. The van der Waals surface area contributed by atoms with E-state index in [4.69, 9.17) is 4.74 Å². The Kier molecular flexibility index (Phi) is 6.25. The van der Waals surface area contributed by atoms with Gasteiger partial charge >= 0.3 is 12.1 Å². The average molecular weight is 476 g/mol. The first-order chi connectivity index (χ1) is 16.2. The van der Waals surface area contributed by atoms with Crippen molar-refractivity contribution < 1.29 is 27.8 Å². The molecule has 4 nitrogen and oxygen atoms in total. The molecule has 5 rings (SSSR count). The molecule has 2 bridgehead atoms. The van der Waals surface area contributed by atoms with E-state index in [0.29, 0.717) is 30.7 Å². The molecule has 0 radical (unpaired) electrons. The molecule has 1 saturated carbocycles. The maximum Gasteiger partial charge on any atom is 0.420 e. The Bertz CT molecular complexity index is 1050. The number of carbonyl (C=O) groups is 1. The Morgan fingerprint density at radius 2 is 1.68 bits per heavy atom. The summed E-state index contributed by atoms with van der Waals surface area (Å²) in [6.45, 7) is 2.71. The summed E-state index contributed by atoms with van der Waals surface area (Å²) in [6, 6.07) is 8.88. The summed E-state index contributed by atoms with van der Waals surface area (Å²) >= 11 is 0. The molecule has 2 aromatic rings. The number of rotatable bonds is 5. The fourth-order valence-corrected chi connectivity index (χ4v) is 6.31. The van der Waals surface area contributed by atoms with Crippen molar-refractivity contribution in [2.24, 2.45) is 11.8 Å². The molecule has 0 aromatic heterocycles. The predicted octanol–water partition coefficient (Wildman–Crippen LogP) is 6.64. The molecule has 2 unspecified atom stereocenters. The van der Waals surface area contributed by atoms with Crippen molar-refractivity contribution in [3.8, 4) is 5.75 Å². The lowest BCUT2D eigenvalue weighted by Crippen LogP contribution is -2.44. The molecule has 0 amide bonds. The second-order valence-corrected chi connectivity index (χ2v) is 10.6. The maximum atomic E-state index is 14.3. The van der Waals surface area contributed by atoms with Gasteiger partial charge < -0.3 is 9.84 Å². The number of carboxylic acids is 1. The van der Waals surface area contributed by atoms with Gasteiger partial charge in [-0.1, -0.05) is 25.1 Å². The molecule has 1 aliphatic carbocycles. The van der Waals surface area contributed by atoms with E-state index < -0.39 is 17.7 Å². The van der Waals surface area contributed by atoms with Crippen LogP contribution in [-0.4, -0.2) is 34.2 Å². The first-order valence-corrected chi connectivity index (χ1v) is 12.5. The van der Waals surface area contributed by atoms with Crippen molar-refractivity contribution in [3.05, 3.63) is 41.5 Å². The van der Waals surface area contributed by atoms with Gasteiger partial charge in [-0.05, 0) is 85.8 Å². The molecule has 34 heavy (non-hydrogen) atoms. The number of hydrogen-bond donors (Lipinski definition) is 1. The van der Waals surface area contributed by atoms with Crippen molar-refractivity contribution in [2.45, 2.75) is 89.2 Å². The van der Waals surface area contributed by atoms with Gasteiger partial charge in [-0.2, -0.15) is 13.2 Å². The number of carboxylic acid groups (broad SMARTS) is 1. The molecule has 2 aromatic carbocycles. The second kappa shape index (κ2) is 9.06. The third-order valence-corrected chi connectivity index (χ3v) is 8.19. The van der Waals surface area contributed by atoms with Gasteiger partial charge in [0.2, 0.25) is 0 Å². The van der Waals surface area contributed by atoms with E-state index >= 15 is 0 Å². The van der Waals surface area contributed by atoms with Crippen LogP contribution in [0.25, 0.3) is 10.8 Å². The standard InChI is InChI=1S/C27H32F3NO3/c1-16-2-9-22(10-3-16)34-24-11-6-18-5-4-17(12-23(18)25(24)27(28,29)30)15-31-20-7-8-21(31)14-19(13-20)26(32)33/h4-6,11-12,16,19-22H,2-3,7-10,13-15H2,1H3,(H,32,33). The highest BCUT2D eigenvalue weighted by atomic mass is 19.4. The van der Waals surface area contributed by atoms with Gasteiger partial charge in [0.05, 0.1) is 12.0 Å². The van der Waals surface area contributed by atoms with Gasteiger partial charge in [0.15, 0.2) is 0 Å². The molecular formula is C27H32F3NO3. The van der Waals surface area contributed by atoms with E-state index in [-0.39, 0.29) is 35.2 Å². The quantitative estimate of drug-likeness (QED) is 0.526. The molecular weight excluding hydrogens is 443 g/mol. The lowest BCUT2D eigenvalue weighted by atomic mass is 9.89. The van der Waals surface area contributed by atoms with Crippen LogP contribution in [0.3, 0.4) is 0 Å². The second-order valence-electron chi connectivity index (χ2n) is 10.6. The minimum atomic E-state index is -4.52. The zero-order valence-electron chi connectivity index (χ0n) is 19.5. The average Bonchev–Trinajstić information content (AvgIpc) is 3.00. The molecule has 2 heterocycles. The minimum Gasteiger partial charge on any atom is -0.490 e. The SMILES string of the molecule is CC1CCC(Oc2ccc3ccc(CN4C5CCC4CC(C(=O)O)C5)cc3c2C(F)(F)F)CC1. The van der Waals surface area contributed by atoms with Crippen LogP contribution in [0, 0.1) is 11.8 Å². The maximum absolute atomic E-state index is 14.3. The zero-order chi connectivity index (χ0) is 24.0. The van der Waals surface area contributed by atoms with Crippen LogP contribution in [0.1, 0.15) is 69.4 Å². The first-order valence-electron chi connectivity index (χ1n) is 12.5. The molecule has 0 spiro atoms. The number of aliphatic carboxylic acids is 1. The molecule has 2 atom stereocenters. The van der Waals surface area contributed by atoms with Crippen LogP contribution in [-0.2, 0) is 17.5 Å². The summed E-state index contributed by atoms with van der Waals surface area (Å²) in [5.74, 6) is -0.530. The summed E-state index contributed by atoms with van der Waals surface area (Å²) < 4.78 is 48.8. The van der Waals surface area contributed by atoms with E-state index in [0.717, 1.165) is 44.1 Å². The molecule has 2 aliphatic heterocycles. The molecule has 7 heteroatoms. The van der Waals surface area contributed by atoms with Gasteiger partial charge in [-0.25, -0.2) is 0 Å². The number of benzene rings is 2. The van der Waals surface area contributed by atoms with E-state index in [9.17, 15) is 23.1 Å². The molecule has 3 aliphatic rings. The zero-order valence-corrected chi connectivity index (χ0v) is 19.5. The van der Waals surface area contributed by atoms with E-state index in [1.165, 1.54) is 6.07 Å². The summed E-state index contributed by atoms with van der Waals surface area (Å²) in [7, 11) is 0. The van der Waals surface area contributed by atoms with Gasteiger partial charge in [0, 0.05) is 18.6 Å². The highest BCUT2D eigenvalue weighted by molar-refractivity contribution is 5.89. The monoisotopic (exact) mass is 475 g/mol. The third-order valence-electron chi connectivity index (χ3n) is 8.19. The minimum absolute atomic E-state index is 0.0703. The van der Waals surface area contributed by atoms with Crippen molar-refractivity contribution in [1.82, 2.24) is 4.90 Å². The number of ether oxygens (including phenoxy) is 1. The van der Waals surface area contributed by atoms with Crippen LogP contribution in [0.15, 0.2) is 30.3 Å². The van der Waals surface area contributed by atoms with Gasteiger partial charge in [-0.3, -0.25) is 9.69 Å². The fraction of sp³-hybridized carbons (Fsp3) is 0.593. The number of nitrogens with zero attached hydrogens (tertiary/aromatic N) is 1. The van der Waals surface area contributed by atoms with Crippen molar-refractivity contribution >= 4 is 16.7 Å². The van der Waals surface area contributed by atoms with Crippen LogP contribution in [0.4, 0.5) is 13.2 Å². The van der Waals surface area contributed by atoms with Crippen LogP contribution >= 0.6 is 0 Å². The number of alkyl halides is 3. The highest BCUT2D eigenvalue weighted by Crippen LogP contribution is 2.44. The number of hydrogen-bond acceptors (Lipinski definition) is 3. The van der Waals surface area contributed by atoms with Crippen molar-refractivity contribution in [1.29, 1.82) is 0 Å². The van der Waals surface area contributed by atoms with Crippen LogP contribution in [0.2, 0.25) is 0 Å². The smallest absolute Gasteiger partial charge is 0.420 e. The predicted molar refractivity (Wildman–Crippen MR) is 124 cm³/mol. The first kappa shape index (κ1) is 23.5. The van der Waals surface area contributed by atoms with E-state index in [2.05, 4.69) is 11.8 Å². The Balaban J connectivity index is 1.43. The van der Waals surface area contributed by atoms with Gasteiger partial charge in [0.1, 0.15) is 11.3 Å². The Hall–Kier alpha value is -2.28.